The van der Waals surface area contributed by atoms with E-state index in [1.54, 1.807) is 17.0 Å². The molecule has 7 heteroatoms. The van der Waals surface area contributed by atoms with E-state index in [2.05, 4.69) is 0 Å². The van der Waals surface area contributed by atoms with Crippen LogP contribution in [0.4, 0.5) is 11.4 Å². The first-order valence-electron chi connectivity index (χ1n) is 8.53. The van der Waals surface area contributed by atoms with E-state index in [1.807, 2.05) is 24.3 Å². The smallest absolute Gasteiger partial charge is 0.331 e. The van der Waals surface area contributed by atoms with Crippen molar-refractivity contribution in [3.05, 3.63) is 75.8 Å². The number of hydrogen-bond acceptors (Lipinski definition) is 5. The number of hydrogen-bond donors (Lipinski definition) is 0. The van der Waals surface area contributed by atoms with Crippen molar-refractivity contribution in [3.8, 4) is 0 Å². The van der Waals surface area contributed by atoms with Crippen molar-refractivity contribution in [2.75, 3.05) is 18.1 Å². The zero-order valence-corrected chi connectivity index (χ0v) is 14.5. The molecule has 7 nitrogen and oxygen atoms in total. The van der Waals surface area contributed by atoms with Gasteiger partial charge in [0, 0.05) is 24.4 Å². The molecule has 0 N–H and O–H groups in total. The van der Waals surface area contributed by atoms with E-state index >= 15 is 0 Å². The first kappa shape index (κ1) is 18.3. The Balaban J connectivity index is 1.60. The molecule has 0 fully saturated rings. The van der Waals surface area contributed by atoms with Gasteiger partial charge in [0.25, 0.3) is 11.6 Å². The third kappa shape index (κ3) is 4.38. The molecular formula is C20H18N2O5. The molecule has 2 aromatic carbocycles. The molecular weight excluding hydrogens is 348 g/mol. The Morgan fingerprint density at radius 2 is 1.89 bits per heavy atom. The van der Waals surface area contributed by atoms with Crippen LogP contribution in [0, 0.1) is 10.1 Å². The van der Waals surface area contributed by atoms with Gasteiger partial charge in [-0.2, -0.15) is 0 Å². The molecule has 3 rings (SSSR count). The van der Waals surface area contributed by atoms with Crippen molar-refractivity contribution in [3.63, 3.8) is 0 Å². The van der Waals surface area contributed by atoms with Crippen LogP contribution in [0.15, 0.2) is 54.6 Å². The maximum atomic E-state index is 12.4. The highest BCUT2D eigenvalue weighted by atomic mass is 16.6. The van der Waals surface area contributed by atoms with Crippen molar-refractivity contribution >= 4 is 29.3 Å². The summed E-state index contributed by atoms with van der Waals surface area (Å²) < 4.78 is 5.01. The van der Waals surface area contributed by atoms with Crippen molar-refractivity contribution in [1.82, 2.24) is 0 Å². The molecule has 0 bridgehead atoms. The van der Waals surface area contributed by atoms with E-state index in [0.717, 1.165) is 30.2 Å². The Morgan fingerprint density at radius 1 is 1.15 bits per heavy atom. The number of esters is 1. The Labute approximate surface area is 156 Å². The van der Waals surface area contributed by atoms with E-state index in [1.165, 1.54) is 18.2 Å². The van der Waals surface area contributed by atoms with Crippen LogP contribution >= 0.6 is 0 Å². The van der Waals surface area contributed by atoms with Crippen LogP contribution in [0.25, 0.3) is 6.08 Å². The van der Waals surface area contributed by atoms with Gasteiger partial charge < -0.3 is 9.64 Å². The minimum absolute atomic E-state index is 0.109. The molecule has 0 unspecified atom stereocenters. The molecule has 0 radical (unpaired) electrons. The van der Waals surface area contributed by atoms with Gasteiger partial charge in [-0.05, 0) is 36.6 Å². The second-order valence-electron chi connectivity index (χ2n) is 6.03. The van der Waals surface area contributed by atoms with Gasteiger partial charge in [-0.25, -0.2) is 4.79 Å². The second kappa shape index (κ2) is 8.27. The highest BCUT2D eigenvalue weighted by Crippen LogP contribution is 2.26. The number of carbonyl (C=O) groups is 2. The van der Waals surface area contributed by atoms with Crippen molar-refractivity contribution in [2.45, 2.75) is 12.8 Å². The Hall–Kier alpha value is -3.48. The number of nitrogens with zero attached hydrogens (tertiary/aromatic N) is 2. The van der Waals surface area contributed by atoms with Crippen LogP contribution in [0.2, 0.25) is 0 Å². The van der Waals surface area contributed by atoms with Crippen LogP contribution in [0.3, 0.4) is 0 Å². The van der Waals surface area contributed by atoms with Crippen molar-refractivity contribution in [1.29, 1.82) is 0 Å². The lowest BCUT2D eigenvalue weighted by molar-refractivity contribution is -0.385. The zero-order chi connectivity index (χ0) is 19.2. The fraction of sp³-hybridized carbons (Fsp3) is 0.200. The number of nitro benzene ring substituents is 1. The molecule has 0 spiro atoms. The molecule has 1 aliphatic heterocycles. The summed E-state index contributed by atoms with van der Waals surface area (Å²) in [6.45, 7) is 0.202. The standard InChI is InChI=1S/C20H18N2O5/c23-19(21-13-5-8-15-6-1-3-9-17(15)21)14-27-20(24)12-11-16-7-2-4-10-18(16)22(25)26/h1-4,6-7,9-12H,5,8,13-14H2/b12-11-. The number of amides is 1. The third-order valence-corrected chi connectivity index (χ3v) is 4.28. The summed E-state index contributed by atoms with van der Waals surface area (Å²) >= 11 is 0. The molecule has 2 aromatic rings. The largest absolute Gasteiger partial charge is 0.452 e. The van der Waals surface area contributed by atoms with E-state index in [9.17, 15) is 19.7 Å². The number of nitro groups is 1. The number of fused-ring (bicyclic) bond motifs is 1. The molecule has 0 atom stereocenters. The summed E-state index contributed by atoms with van der Waals surface area (Å²) in [5.41, 5.74) is 2.12. The summed E-state index contributed by atoms with van der Waals surface area (Å²) in [6, 6.07) is 13.7. The lowest BCUT2D eigenvalue weighted by Gasteiger charge is -2.29. The summed E-state index contributed by atoms with van der Waals surface area (Å²) in [4.78, 5) is 36.4. The average molecular weight is 366 g/mol. The second-order valence-corrected chi connectivity index (χ2v) is 6.03. The van der Waals surface area contributed by atoms with Gasteiger partial charge in [0.05, 0.1) is 10.5 Å². The van der Waals surface area contributed by atoms with E-state index in [-0.39, 0.29) is 23.8 Å². The highest BCUT2D eigenvalue weighted by molar-refractivity contribution is 5.97. The van der Waals surface area contributed by atoms with Gasteiger partial charge >= 0.3 is 5.97 Å². The van der Waals surface area contributed by atoms with Crippen molar-refractivity contribution in [2.24, 2.45) is 0 Å². The third-order valence-electron chi connectivity index (χ3n) is 4.28. The van der Waals surface area contributed by atoms with Crippen LogP contribution in [0.1, 0.15) is 17.5 Å². The summed E-state index contributed by atoms with van der Waals surface area (Å²) in [6.07, 6.45) is 4.16. The molecule has 1 aliphatic rings. The summed E-state index contributed by atoms with van der Waals surface area (Å²) in [7, 11) is 0. The molecule has 138 valence electrons. The number of ether oxygens (including phenoxy) is 1. The van der Waals surface area contributed by atoms with Crippen LogP contribution in [-0.4, -0.2) is 30.0 Å². The van der Waals surface area contributed by atoms with E-state index in [4.69, 9.17) is 4.74 Å². The topological polar surface area (TPSA) is 89.7 Å². The highest BCUT2D eigenvalue weighted by Gasteiger charge is 2.22. The van der Waals surface area contributed by atoms with Gasteiger partial charge in [-0.1, -0.05) is 30.3 Å². The molecule has 0 aromatic heterocycles. The number of benzene rings is 2. The molecule has 0 saturated carbocycles. The number of rotatable bonds is 5. The minimum Gasteiger partial charge on any atom is -0.452 e. The maximum absolute atomic E-state index is 12.4. The van der Waals surface area contributed by atoms with Gasteiger partial charge in [-0.3, -0.25) is 14.9 Å². The molecule has 1 amide bonds. The summed E-state index contributed by atoms with van der Waals surface area (Å²) in [5.74, 6) is -1.03. The van der Waals surface area contributed by atoms with Gasteiger partial charge in [0.2, 0.25) is 0 Å². The van der Waals surface area contributed by atoms with Gasteiger partial charge in [0.1, 0.15) is 0 Å². The normalized spacial score (nSPS) is 13.3. The predicted octanol–water partition coefficient (Wildman–Crippen LogP) is 3.13. The fourth-order valence-corrected chi connectivity index (χ4v) is 3.00. The first-order chi connectivity index (χ1) is 13.1. The summed E-state index contributed by atoms with van der Waals surface area (Å²) in [5, 5.41) is 11.0. The number of para-hydroxylation sites is 2. The SMILES string of the molecule is O=C(/C=C\c1ccccc1[N+](=O)[O-])OCC(=O)N1CCCc2ccccc21. The van der Waals surface area contributed by atoms with Crippen LogP contribution < -0.4 is 4.90 Å². The minimum atomic E-state index is -0.730. The zero-order valence-electron chi connectivity index (χ0n) is 14.5. The van der Waals surface area contributed by atoms with Crippen molar-refractivity contribution < 1.29 is 19.2 Å². The van der Waals surface area contributed by atoms with Crippen LogP contribution in [-0.2, 0) is 20.7 Å². The fourth-order valence-electron chi connectivity index (χ4n) is 3.00. The molecule has 0 saturated heterocycles. The Kier molecular flexibility index (Phi) is 5.61. The average Bonchev–Trinajstić information content (AvgIpc) is 2.70. The number of anilines is 1. The Morgan fingerprint density at radius 3 is 2.70 bits per heavy atom. The number of aryl methyl sites for hydroxylation is 1. The van der Waals surface area contributed by atoms with Gasteiger partial charge in [0.15, 0.2) is 6.61 Å². The monoisotopic (exact) mass is 366 g/mol. The lowest BCUT2D eigenvalue weighted by atomic mass is 10.0. The van der Waals surface area contributed by atoms with E-state index < -0.39 is 10.9 Å². The predicted molar refractivity (Wildman–Crippen MR) is 100 cm³/mol. The quantitative estimate of drug-likeness (QED) is 0.351. The lowest BCUT2D eigenvalue weighted by Crippen LogP contribution is -2.38. The maximum Gasteiger partial charge on any atom is 0.331 e. The van der Waals surface area contributed by atoms with Gasteiger partial charge in [-0.15, -0.1) is 0 Å². The first-order valence-corrected chi connectivity index (χ1v) is 8.53. The molecule has 1 heterocycles. The molecule has 27 heavy (non-hydrogen) atoms. The van der Waals surface area contributed by atoms with Crippen LogP contribution in [0.5, 0.6) is 0 Å². The molecule has 0 aliphatic carbocycles. The number of carbonyl (C=O) groups excluding carboxylic acids is 2. The van der Waals surface area contributed by atoms with E-state index in [0.29, 0.717) is 6.54 Å². The Bertz CT molecular complexity index is 907.